The summed E-state index contributed by atoms with van der Waals surface area (Å²) in [7, 11) is 0. The van der Waals surface area contributed by atoms with Crippen molar-refractivity contribution in [2.75, 3.05) is 6.54 Å². The van der Waals surface area contributed by atoms with E-state index in [1.165, 1.54) is 0 Å². The first-order valence-corrected chi connectivity index (χ1v) is 1.17. The molecule has 0 aliphatic heterocycles. The van der Waals surface area contributed by atoms with Gasteiger partial charge in [-0.2, -0.15) is 0 Å². The second-order valence-electron chi connectivity index (χ2n) is 0.493. The summed E-state index contributed by atoms with van der Waals surface area (Å²) in [6.45, 7) is 3.62. The quantitative estimate of drug-likeness (QED) is 0.498. The van der Waals surface area contributed by atoms with Crippen LogP contribution in [0.5, 0.6) is 0 Å². The third kappa shape index (κ3) is 12.2. The van der Waals surface area contributed by atoms with E-state index >= 15 is 0 Å². The second-order valence-corrected chi connectivity index (χ2v) is 0.493. The van der Waals surface area contributed by atoms with Gasteiger partial charge in [0.05, 0.1) is 0 Å². The molecule has 0 aromatic carbocycles. The van der Waals surface area contributed by atoms with Gasteiger partial charge < -0.3 is 5.73 Å². The van der Waals surface area contributed by atoms with Crippen LogP contribution in [-0.4, -0.2) is 6.54 Å². The zero-order chi connectivity index (χ0) is 3.41. The van der Waals surface area contributed by atoms with Crippen molar-refractivity contribution in [1.82, 2.24) is 0 Å². The smallest absolute Gasteiger partial charge is 0 e. The van der Waals surface area contributed by atoms with Gasteiger partial charge in [-0.3, -0.25) is 0 Å². The summed E-state index contributed by atoms with van der Waals surface area (Å²) in [5.41, 5.74) is 6.33. The topological polar surface area (TPSA) is 23.8 Å². The molecule has 0 unspecified atom stereocenters. The minimum atomic E-state index is 0. The molecule has 28 valence electrons. The fourth-order valence-electron chi connectivity index (χ4n) is 0. The Kier molecular flexibility index (Phi) is 16.1. The van der Waals surface area contributed by atoms with Gasteiger partial charge in [-0.15, -0.1) is 19.2 Å². The van der Waals surface area contributed by atoms with E-state index in [9.17, 15) is 0 Å². The number of hydrogen-bond donors (Lipinski definition) is 0. The van der Waals surface area contributed by atoms with Gasteiger partial charge in [-0.1, -0.05) is 0 Å². The first-order chi connectivity index (χ1) is 1.91. The summed E-state index contributed by atoms with van der Waals surface area (Å²) in [6, 6.07) is 0. The molecule has 0 saturated heterocycles. The fourth-order valence-corrected chi connectivity index (χ4v) is 0. The minimum Gasteiger partial charge on any atom is -0.674 e. The second kappa shape index (κ2) is 8.82. The molecule has 1 N–H and O–H groups in total. The van der Waals surface area contributed by atoms with E-state index in [0.717, 1.165) is 0 Å². The molecule has 0 bridgehead atoms. The van der Waals surface area contributed by atoms with Crippen LogP contribution in [-0.2, 0) is 26.2 Å². The number of nitrogens with one attached hydrogen (secondary N) is 1. The van der Waals surface area contributed by atoms with Crippen LogP contribution >= 0.6 is 0 Å². The van der Waals surface area contributed by atoms with E-state index in [2.05, 4.69) is 6.58 Å². The van der Waals surface area contributed by atoms with Gasteiger partial charge in [-0.05, 0) is 0 Å². The van der Waals surface area contributed by atoms with Crippen LogP contribution in [0.15, 0.2) is 12.7 Å². The summed E-state index contributed by atoms with van der Waals surface area (Å²) >= 11 is 0. The SMILES string of the molecule is C=CC[NH-].[Zr]. The van der Waals surface area contributed by atoms with Crippen LogP contribution in [0.3, 0.4) is 0 Å². The van der Waals surface area contributed by atoms with Crippen molar-refractivity contribution in [3.05, 3.63) is 18.4 Å². The Hall–Kier alpha value is 0.583. The maximum atomic E-state index is 6.33. The van der Waals surface area contributed by atoms with Gasteiger partial charge >= 0.3 is 0 Å². The van der Waals surface area contributed by atoms with Gasteiger partial charge in [0.25, 0.3) is 0 Å². The van der Waals surface area contributed by atoms with Crippen LogP contribution in [0.2, 0.25) is 0 Å². The van der Waals surface area contributed by atoms with Gasteiger partial charge in [0.15, 0.2) is 0 Å². The molecule has 0 heterocycles. The number of hydrogen-bond acceptors (Lipinski definition) is 0. The molecule has 0 spiro atoms. The molecule has 0 aromatic rings. The molecule has 0 rings (SSSR count). The standard InChI is InChI=1S/C3H6N.Zr/c1-2-3-4;/h2,4H,1,3H2;/q-1;. The molecule has 0 aliphatic carbocycles. The van der Waals surface area contributed by atoms with E-state index in [1.54, 1.807) is 6.08 Å². The minimum absolute atomic E-state index is 0. The first-order valence-electron chi connectivity index (χ1n) is 1.17. The zero-order valence-electron chi connectivity index (χ0n) is 2.99. The Labute approximate surface area is 51.4 Å². The van der Waals surface area contributed by atoms with Crippen molar-refractivity contribution in [1.29, 1.82) is 0 Å². The van der Waals surface area contributed by atoms with Crippen molar-refractivity contribution in [3.8, 4) is 0 Å². The molecule has 0 amide bonds. The molecular formula is C3H6NZr-. The Balaban J connectivity index is 0. The van der Waals surface area contributed by atoms with Crippen LogP contribution < -0.4 is 0 Å². The zero-order valence-corrected chi connectivity index (χ0v) is 5.45. The molecule has 5 heavy (non-hydrogen) atoms. The van der Waals surface area contributed by atoms with Crippen molar-refractivity contribution < 1.29 is 26.2 Å². The first kappa shape index (κ1) is 9.13. The molecule has 0 aromatic heterocycles. The molecule has 0 radical (unpaired) electrons. The van der Waals surface area contributed by atoms with E-state index in [0.29, 0.717) is 6.54 Å². The maximum Gasteiger partial charge on any atom is 0 e. The average Bonchev–Trinajstić information content (AvgIpc) is 1.37. The average molecular weight is 147 g/mol. The van der Waals surface area contributed by atoms with Crippen molar-refractivity contribution >= 4 is 0 Å². The van der Waals surface area contributed by atoms with Crippen LogP contribution in [0, 0.1) is 0 Å². The maximum absolute atomic E-state index is 6.33. The molecule has 0 fully saturated rings. The molecule has 0 saturated carbocycles. The summed E-state index contributed by atoms with van der Waals surface area (Å²) in [5, 5.41) is 0. The van der Waals surface area contributed by atoms with Crippen molar-refractivity contribution in [2.45, 2.75) is 0 Å². The molecule has 2 heteroatoms. The van der Waals surface area contributed by atoms with Crippen LogP contribution in [0.1, 0.15) is 0 Å². The Morgan fingerprint density at radius 3 is 2.00 bits per heavy atom. The monoisotopic (exact) mass is 146 g/mol. The van der Waals surface area contributed by atoms with Gasteiger partial charge in [-0.25, -0.2) is 0 Å². The molecule has 1 nitrogen and oxygen atoms in total. The van der Waals surface area contributed by atoms with Gasteiger partial charge in [0.2, 0.25) is 0 Å². The molecule has 0 aliphatic rings. The van der Waals surface area contributed by atoms with Gasteiger partial charge in [0.1, 0.15) is 0 Å². The summed E-state index contributed by atoms with van der Waals surface area (Å²) < 4.78 is 0. The summed E-state index contributed by atoms with van der Waals surface area (Å²) in [5.74, 6) is 0. The Morgan fingerprint density at radius 2 is 2.00 bits per heavy atom. The Morgan fingerprint density at radius 1 is 1.80 bits per heavy atom. The van der Waals surface area contributed by atoms with E-state index in [4.69, 9.17) is 5.73 Å². The third-order valence-electron chi connectivity index (χ3n) is 0.144. The molecular weight excluding hydrogens is 141 g/mol. The normalized spacial score (nSPS) is 5.00. The third-order valence-corrected chi connectivity index (χ3v) is 0.144. The van der Waals surface area contributed by atoms with Gasteiger partial charge in [0, 0.05) is 26.2 Å². The Bertz CT molecular complexity index is 20.9. The van der Waals surface area contributed by atoms with Crippen molar-refractivity contribution in [2.24, 2.45) is 0 Å². The van der Waals surface area contributed by atoms with E-state index < -0.39 is 0 Å². The number of rotatable bonds is 1. The predicted molar refractivity (Wildman–Crippen MR) is 19.4 cm³/mol. The van der Waals surface area contributed by atoms with Crippen molar-refractivity contribution in [3.63, 3.8) is 0 Å². The summed E-state index contributed by atoms with van der Waals surface area (Å²) in [4.78, 5) is 0. The van der Waals surface area contributed by atoms with E-state index in [1.807, 2.05) is 0 Å². The largest absolute Gasteiger partial charge is 0.674 e. The summed E-state index contributed by atoms with van der Waals surface area (Å²) in [6.07, 6.45) is 1.54. The molecule has 0 atom stereocenters. The van der Waals surface area contributed by atoms with E-state index in [-0.39, 0.29) is 26.2 Å². The fraction of sp³-hybridized carbons (Fsp3) is 0.333. The van der Waals surface area contributed by atoms with Crippen LogP contribution in [0.4, 0.5) is 0 Å². The predicted octanol–water partition coefficient (Wildman–Crippen LogP) is 1.22. The van der Waals surface area contributed by atoms with Crippen LogP contribution in [0.25, 0.3) is 5.73 Å².